The van der Waals surface area contributed by atoms with E-state index in [0.29, 0.717) is 15.8 Å². The number of esters is 1. The van der Waals surface area contributed by atoms with E-state index < -0.39 is 22.6 Å². The SMILES string of the molecule is CCCC(Sc1cc(C(=O)O)c(F)cc1Br)C(=O)OC(C)C. The number of rotatable bonds is 7. The molecule has 0 bridgehead atoms. The Bertz CT molecular complexity index is 563. The summed E-state index contributed by atoms with van der Waals surface area (Å²) in [6.07, 6.45) is 1.14. The van der Waals surface area contributed by atoms with Gasteiger partial charge in [-0.2, -0.15) is 0 Å². The van der Waals surface area contributed by atoms with E-state index >= 15 is 0 Å². The summed E-state index contributed by atoms with van der Waals surface area (Å²) in [5, 5.41) is 8.53. The maximum absolute atomic E-state index is 13.6. The van der Waals surface area contributed by atoms with E-state index in [2.05, 4.69) is 15.9 Å². The monoisotopic (exact) mass is 392 g/mol. The summed E-state index contributed by atoms with van der Waals surface area (Å²) >= 11 is 4.38. The van der Waals surface area contributed by atoms with Gasteiger partial charge in [-0.15, -0.1) is 11.8 Å². The number of carbonyl (C=O) groups excluding carboxylic acids is 1. The molecule has 1 atom stereocenters. The predicted molar refractivity (Wildman–Crippen MR) is 86.8 cm³/mol. The van der Waals surface area contributed by atoms with Crippen LogP contribution in [-0.2, 0) is 9.53 Å². The first-order valence-corrected chi connectivity index (χ1v) is 8.53. The molecular weight excluding hydrogens is 375 g/mol. The normalized spacial score (nSPS) is 12.3. The summed E-state index contributed by atoms with van der Waals surface area (Å²) in [7, 11) is 0. The summed E-state index contributed by atoms with van der Waals surface area (Å²) < 4.78 is 19.2. The van der Waals surface area contributed by atoms with Crippen LogP contribution in [-0.4, -0.2) is 28.4 Å². The van der Waals surface area contributed by atoms with Crippen molar-refractivity contribution in [3.8, 4) is 0 Å². The van der Waals surface area contributed by atoms with E-state index in [4.69, 9.17) is 9.84 Å². The van der Waals surface area contributed by atoms with Crippen LogP contribution in [0, 0.1) is 5.82 Å². The highest BCUT2D eigenvalue weighted by Gasteiger charge is 2.24. The molecule has 22 heavy (non-hydrogen) atoms. The molecule has 1 unspecified atom stereocenters. The van der Waals surface area contributed by atoms with Gasteiger partial charge in [-0.25, -0.2) is 9.18 Å². The molecular formula is C15H18BrFO4S. The largest absolute Gasteiger partial charge is 0.478 e. The third-order valence-electron chi connectivity index (χ3n) is 2.69. The number of carbonyl (C=O) groups is 2. The Morgan fingerprint density at radius 3 is 2.55 bits per heavy atom. The van der Waals surface area contributed by atoms with Crippen LogP contribution < -0.4 is 0 Å². The van der Waals surface area contributed by atoms with E-state index in [-0.39, 0.29) is 12.1 Å². The van der Waals surface area contributed by atoms with E-state index in [0.717, 1.165) is 12.5 Å². The third kappa shape index (κ3) is 5.28. The molecule has 1 aromatic carbocycles. The Kier molecular flexibility index (Phi) is 7.35. The number of hydrogen-bond donors (Lipinski definition) is 1. The van der Waals surface area contributed by atoms with Gasteiger partial charge < -0.3 is 9.84 Å². The zero-order valence-electron chi connectivity index (χ0n) is 12.6. The van der Waals surface area contributed by atoms with Crippen LogP contribution >= 0.6 is 27.7 Å². The number of hydrogen-bond acceptors (Lipinski definition) is 4. The summed E-state index contributed by atoms with van der Waals surface area (Å²) in [5.74, 6) is -2.51. The average molecular weight is 393 g/mol. The van der Waals surface area contributed by atoms with Gasteiger partial charge in [-0.1, -0.05) is 13.3 Å². The quantitative estimate of drug-likeness (QED) is 0.546. The highest BCUT2D eigenvalue weighted by atomic mass is 79.9. The van der Waals surface area contributed by atoms with Crippen molar-refractivity contribution in [3.63, 3.8) is 0 Å². The molecule has 4 nitrogen and oxygen atoms in total. The van der Waals surface area contributed by atoms with E-state index in [9.17, 15) is 14.0 Å². The number of carboxylic acid groups (broad SMARTS) is 1. The molecule has 122 valence electrons. The molecule has 0 spiro atoms. The van der Waals surface area contributed by atoms with Gasteiger partial charge >= 0.3 is 11.9 Å². The van der Waals surface area contributed by atoms with Crippen molar-refractivity contribution in [2.45, 2.75) is 49.9 Å². The van der Waals surface area contributed by atoms with Crippen molar-refractivity contribution in [1.29, 1.82) is 0 Å². The third-order valence-corrected chi connectivity index (χ3v) is 4.91. The van der Waals surface area contributed by atoms with Crippen LogP contribution in [0.4, 0.5) is 4.39 Å². The average Bonchev–Trinajstić information content (AvgIpc) is 2.39. The molecule has 1 aromatic rings. The lowest BCUT2D eigenvalue weighted by atomic mass is 10.2. The smallest absolute Gasteiger partial charge is 0.338 e. The first-order valence-electron chi connectivity index (χ1n) is 6.85. The van der Waals surface area contributed by atoms with Crippen molar-refractivity contribution in [3.05, 3.63) is 28.0 Å². The number of thioether (sulfide) groups is 1. The van der Waals surface area contributed by atoms with Crippen LogP contribution in [0.15, 0.2) is 21.5 Å². The van der Waals surface area contributed by atoms with Gasteiger partial charge in [-0.05, 0) is 48.3 Å². The zero-order chi connectivity index (χ0) is 16.9. The molecule has 0 aliphatic carbocycles. The molecule has 0 saturated heterocycles. The second kappa shape index (κ2) is 8.53. The first-order chi connectivity index (χ1) is 10.3. The van der Waals surface area contributed by atoms with E-state index in [1.54, 1.807) is 13.8 Å². The summed E-state index contributed by atoms with van der Waals surface area (Å²) in [4.78, 5) is 23.6. The van der Waals surface area contributed by atoms with Gasteiger partial charge in [0.2, 0.25) is 0 Å². The molecule has 1 rings (SSSR count). The molecule has 0 aromatic heterocycles. The highest BCUT2D eigenvalue weighted by Crippen LogP contribution is 2.35. The standard InChI is InChI=1S/C15H18BrFO4S/c1-4-5-12(15(20)21-8(2)3)22-13-6-9(14(18)19)11(17)7-10(13)16/h6-8,12H,4-5H2,1-3H3,(H,18,19). The Balaban J connectivity index is 3.05. The molecule has 0 aliphatic rings. The van der Waals surface area contributed by atoms with Crippen molar-refractivity contribution < 1.29 is 23.8 Å². The summed E-state index contributed by atoms with van der Waals surface area (Å²) in [6, 6.07) is 2.33. The van der Waals surface area contributed by atoms with Crippen LogP contribution in [0.5, 0.6) is 0 Å². The Labute approximate surface area is 141 Å². The molecule has 0 radical (unpaired) electrons. The lowest BCUT2D eigenvalue weighted by Gasteiger charge is -2.18. The fourth-order valence-corrected chi connectivity index (χ4v) is 3.50. The second-order valence-corrected chi connectivity index (χ2v) is 7.05. The fraction of sp³-hybridized carbons (Fsp3) is 0.467. The number of benzene rings is 1. The van der Waals surface area contributed by atoms with Gasteiger partial charge in [0.1, 0.15) is 11.1 Å². The van der Waals surface area contributed by atoms with Gasteiger partial charge in [0.05, 0.1) is 11.7 Å². The second-order valence-electron chi connectivity index (χ2n) is 4.95. The van der Waals surface area contributed by atoms with Crippen molar-refractivity contribution in [1.82, 2.24) is 0 Å². The number of halogens is 2. The lowest BCUT2D eigenvalue weighted by Crippen LogP contribution is -2.23. The fourth-order valence-electron chi connectivity index (χ4n) is 1.73. The number of carboxylic acids is 1. The van der Waals surface area contributed by atoms with Crippen LogP contribution in [0.2, 0.25) is 0 Å². The Morgan fingerprint density at radius 2 is 2.05 bits per heavy atom. The molecule has 1 N–H and O–H groups in total. The Hall–Kier alpha value is -1.08. The summed E-state index contributed by atoms with van der Waals surface area (Å²) in [6.45, 7) is 5.47. The topological polar surface area (TPSA) is 63.6 Å². The maximum Gasteiger partial charge on any atom is 0.338 e. The molecule has 0 amide bonds. The van der Waals surface area contributed by atoms with Gasteiger partial charge in [0, 0.05) is 9.37 Å². The number of ether oxygens (including phenoxy) is 1. The molecule has 0 aliphatic heterocycles. The minimum Gasteiger partial charge on any atom is -0.478 e. The van der Waals surface area contributed by atoms with Crippen molar-refractivity contribution >= 4 is 39.6 Å². The van der Waals surface area contributed by atoms with Crippen LogP contribution in [0.25, 0.3) is 0 Å². The maximum atomic E-state index is 13.6. The molecule has 0 saturated carbocycles. The van der Waals surface area contributed by atoms with E-state index in [1.807, 2.05) is 6.92 Å². The zero-order valence-corrected chi connectivity index (χ0v) is 15.0. The van der Waals surface area contributed by atoms with Gasteiger partial charge in [0.15, 0.2) is 0 Å². The van der Waals surface area contributed by atoms with Crippen LogP contribution in [0.1, 0.15) is 44.0 Å². The van der Waals surface area contributed by atoms with Crippen molar-refractivity contribution in [2.24, 2.45) is 0 Å². The Morgan fingerprint density at radius 1 is 1.41 bits per heavy atom. The number of aromatic carboxylic acids is 1. The minimum atomic E-state index is -1.34. The van der Waals surface area contributed by atoms with Gasteiger partial charge in [-0.3, -0.25) is 4.79 Å². The van der Waals surface area contributed by atoms with Crippen molar-refractivity contribution in [2.75, 3.05) is 0 Å². The predicted octanol–water partition coefficient (Wildman–Crippen LogP) is 4.50. The minimum absolute atomic E-state index is 0.223. The summed E-state index contributed by atoms with van der Waals surface area (Å²) in [5.41, 5.74) is -0.418. The van der Waals surface area contributed by atoms with Gasteiger partial charge in [0.25, 0.3) is 0 Å². The molecule has 7 heteroatoms. The first kappa shape index (κ1) is 19.0. The lowest BCUT2D eigenvalue weighted by molar-refractivity contribution is -0.146. The van der Waals surface area contributed by atoms with Crippen LogP contribution in [0.3, 0.4) is 0 Å². The molecule has 0 heterocycles. The highest BCUT2D eigenvalue weighted by molar-refractivity contribution is 9.10. The van der Waals surface area contributed by atoms with E-state index in [1.165, 1.54) is 17.8 Å². The molecule has 0 fully saturated rings.